The van der Waals surface area contributed by atoms with Gasteiger partial charge in [-0.3, -0.25) is 9.59 Å². The molecule has 0 saturated heterocycles. The lowest BCUT2D eigenvalue weighted by molar-refractivity contribution is -0.137. The lowest BCUT2D eigenvalue weighted by atomic mass is 9.98. The summed E-state index contributed by atoms with van der Waals surface area (Å²) in [5, 5.41) is 2.60. The number of fused-ring (bicyclic) bond motifs is 1. The van der Waals surface area contributed by atoms with Gasteiger partial charge in [0.05, 0.1) is 36.1 Å². The number of benzene rings is 1. The Labute approximate surface area is 226 Å². The molecule has 1 aliphatic rings. The fourth-order valence-electron chi connectivity index (χ4n) is 4.43. The molecular weight excluding hydrogens is 541 g/mol. The molecule has 1 amide bonds. The first kappa shape index (κ1) is 28.1. The molecule has 208 valence electrons. The maximum atomic E-state index is 13.8. The summed E-state index contributed by atoms with van der Waals surface area (Å²) < 4.78 is 47.6. The molecule has 1 atom stereocenters. The minimum Gasteiger partial charge on any atom is -0.463 e. The summed E-state index contributed by atoms with van der Waals surface area (Å²) in [7, 11) is 2.78. The summed E-state index contributed by atoms with van der Waals surface area (Å²) in [6, 6.07) is 2.33. The van der Waals surface area contributed by atoms with E-state index in [1.54, 1.807) is 14.0 Å². The number of halogens is 4. The van der Waals surface area contributed by atoms with E-state index in [4.69, 9.17) is 16.3 Å². The van der Waals surface area contributed by atoms with E-state index in [0.29, 0.717) is 11.3 Å². The van der Waals surface area contributed by atoms with E-state index in [2.05, 4.69) is 15.3 Å². The van der Waals surface area contributed by atoms with Crippen LogP contribution >= 0.6 is 11.6 Å². The minimum atomic E-state index is -4.73. The van der Waals surface area contributed by atoms with Crippen molar-refractivity contribution in [2.45, 2.75) is 52.0 Å². The molecule has 3 aromatic rings. The van der Waals surface area contributed by atoms with Crippen LogP contribution in [-0.2, 0) is 30.9 Å². The number of anilines is 1. The predicted octanol–water partition coefficient (Wildman–Crippen LogP) is 3.83. The number of carbonyl (C=O) groups excluding carboxylic acids is 2. The third-order valence-corrected chi connectivity index (χ3v) is 6.70. The lowest BCUT2D eigenvalue weighted by Crippen LogP contribution is -2.46. The Morgan fingerprint density at radius 3 is 2.56 bits per heavy atom. The number of ether oxygens (including phenoxy) is 1. The normalized spacial score (nSPS) is 15.3. The third-order valence-electron chi connectivity index (χ3n) is 6.37. The molecule has 1 aliphatic heterocycles. The fourth-order valence-corrected chi connectivity index (χ4v) is 4.65. The smallest absolute Gasteiger partial charge is 0.417 e. The van der Waals surface area contributed by atoms with Crippen molar-refractivity contribution in [3.63, 3.8) is 0 Å². The number of rotatable bonds is 5. The van der Waals surface area contributed by atoms with Gasteiger partial charge in [0.15, 0.2) is 0 Å². The van der Waals surface area contributed by atoms with Crippen LogP contribution in [0.1, 0.15) is 58.6 Å². The van der Waals surface area contributed by atoms with Crippen LogP contribution in [0.4, 0.5) is 19.1 Å². The van der Waals surface area contributed by atoms with Crippen LogP contribution in [-0.4, -0.2) is 55.1 Å². The predicted molar refractivity (Wildman–Crippen MR) is 136 cm³/mol. The summed E-state index contributed by atoms with van der Waals surface area (Å²) in [5.74, 6) is -0.917. The number of esters is 1. The maximum Gasteiger partial charge on any atom is 0.417 e. The molecule has 4 rings (SSSR count). The maximum absolute atomic E-state index is 13.8. The number of aromatic nitrogens is 4. The van der Waals surface area contributed by atoms with Gasteiger partial charge in [-0.1, -0.05) is 11.6 Å². The minimum absolute atomic E-state index is 0.0149. The molecule has 0 aliphatic carbocycles. The highest BCUT2D eigenvalue weighted by Gasteiger charge is 2.36. The van der Waals surface area contributed by atoms with E-state index in [0.717, 1.165) is 12.1 Å². The Kier molecular flexibility index (Phi) is 7.48. The molecule has 14 heteroatoms. The van der Waals surface area contributed by atoms with Crippen molar-refractivity contribution in [1.82, 2.24) is 24.0 Å². The number of hydrogen-bond donors (Lipinski definition) is 1. The topological polar surface area (TPSA) is 111 Å². The summed E-state index contributed by atoms with van der Waals surface area (Å²) in [6.45, 7) is 5.29. The molecule has 3 heterocycles. The number of carbonyl (C=O) groups is 2. The zero-order chi connectivity index (χ0) is 28.8. The summed E-state index contributed by atoms with van der Waals surface area (Å²) in [6.07, 6.45) is -3.26. The molecule has 39 heavy (non-hydrogen) atoms. The van der Waals surface area contributed by atoms with Gasteiger partial charge in [-0.15, -0.1) is 0 Å². The van der Waals surface area contributed by atoms with Crippen molar-refractivity contribution in [3.8, 4) is 5.82 Å². The third kappa shape index (κ3) is 5.22. The summed E-state index contributed by atoms with van der Waals surface area (Å²) in [5.41, 5.74) is -1.06. The van der Waals surface area contributed by atoms with Crippen molar-refractivity contribution < 1.29 is 27.5 Å². The van der Waals surface area contributed by atoms with Gasteiger partial charge in [0.25, 0.3) is 11.5 Å². The van der Waals surface area contributed by atoms with Gasteiger partial charge in [0.1, 0.15) is 5.82 Å². The summed E-state index contributed by atoms with van der Waals surface area (Å²) >= 11 is 5.72. The zero-order valence-electron chi connectivity index (χ0n) is 21.8. The van der Waals surface area contributed by atoms with Crippen LogP contribution < -0.4 is 10.9 Å². The molecule has 0 fully saturated rings. The highest BCUT2D eigenvalue weighted by atomic mass is 35.5. The highest BCUT2D eigenvalue weighted by molar-refractivity contribution is 6.31. The number of imidazole rings is 1. The van der Waals surface area contributed by atoms with Gasteiger partial charge in [-0.25, -0.2) is 19.3 Å². The lowest BCUT2D eigenvalue weighted by Gasteiger charge is -2.35. The number of alkyl halides is 3. The first-order valence-electron chi connectivity index (χ1n) is 11.9. The Bertz CT molecular complexity index is 1510. The average molecular weight is 567 g/mol. The first-order chi connectivity index (χ1) is 18.2. The standard InChI is InChI=1S/C25H26ClF3N6O4/c1-12(2)31-24-32-18-11-34(21(36)14-6-7-17(26)16(9-14)25(27,28)29)13(3)8-15(18)22(37)35(24)19-10-30-20(33(19)4)23(38)39-5/h6-7,9-10,12-13H,8,11H2,1-5H3,(H,31,32)/t13-/m1/s1. The van der Waals surface area contributed by atoms with E-state index in [9.17, 15) is 27.6 Å². The fraction of sp³-hybridized carbons (Fsp3) is 0.400. The quantitative estimate of drug-likeness (QED) is 0.467. The number of nitrogens with zero attached hydrogens (tertiary/aromatic N) is 5. The van der Waals surface area contributed by atoms with Gasteiger partial charge in [0, 0.05) is 30.3 Å². The van der Waals surface area contributed by atoms with Crippen molar-refractivity contribution in [2.75, 3.05) is 12.4 Å². The second kappa shape index (κ2) is 10.4. The number of amides is 1. The molecule has 1 aromatic carbocycles. The van der Waals surface area contributed by atoms with Crippen molar-refractivity contribution in [2.24, 2.45) is 7.05 Å². The van der Waals surface area contributed by atoms with E-state index in [1.807, 2.05) is 13.8 Å². The van der Waals surface area contributed by atoms with E-state index in [-0.39, 0.29) is 42.2 Å². The molecule has 2 aromatic heterocycles. The van der Waals surface area contributed by atoms with Gasteiger partial charge in [-0.05, 0) is 45.4 Å². The molecule has 0 radical (unpaired) electrons. The van der Waals surface area contributed by atoms with Crippen LogP contribution in [0, 0.1) is 0 Å². The second-order valence-corrected chi connectivity index (χ2v) is 9.88. The Balaban J connectivity index is 1.78. The first-order valence-corrected chi connectivity index (χ1v) is 12.3. The molecule has 10 nitrogen and oxygen atoms in total. The highest BCUT2D eigenvalue weighted by Crippen LogP contribution is 2.36. The second-order valence-electron chi connectivity index (χ2n) is 9.47. The van der Waals surface area contributed by atoms with E-state index < -0.39 is 40.2 Å². The molecule has 0 bridgehead atoms. The molecular formula is C25H26ClF3N6O4. The summed E-state index contributed by atoms with van der Waals surface area (Å²) in [4.78, 5) is 49.3. The van der Waals surface area contributed by atoms with Crippen LogP contribution in [0.3, 0.4) is 0 Å². The van der Waals surface area contributed by atoms with Gasteiger partial charge < -0.3 is 19.5 Å². The average Bonchev–Trinajstić information content (AvgIpc) is 3.23. The number of nitrogens with one attached hydrogen (secondary N) is 1. The molecule has 0 unspecified atom stereocenters. The van der Waals surface area contributed by atoms with Crippen LogP contribution in [0.25, 0.3) is 5.82 Å². The van der Waals surface area contributed by atoms with Crippen molar-refractivity contribution in [1.29, 1.82) is 0 Å². The van der Waals surface area contributed by atoms with Crippen molar-refractivity contribution in [3.05, 3.63) is 68.0 Å². The SMILES string of the molecule is COC(=O)c1ncc(-n2c(NC(C)C)nc3c(c2=O)C[C@@H](C)N(C(=O)c2ccc(Cl)c(C(F)(F)F)c2)C3)n1C. The van der Waals surface area contributed by atoms with Gasteiger partial charge in [0.2, 0.25) is 11.8 Å². The zero-order valence-corrected chi connectivity index (χ0v) is 22.5. The largest absolute Gasteiger partial charge is 0.463 e. The monoisotopic (exact) mass is 566 g/mol. The molecule has 0 spiro atoms. The van der Waals surface area contributed by atoms with Crippen molar-refractivity contribution >= 4 is 29.4 Å². The molecule has 0 saturated carbocycles. The van der Waals surface area contributed by atoms with Gasteiger partial charge in [-0.2, -0.15) is 13.2 Å². The Hall–Kier alpha value is -3.87. The number of methoxy groups -OCH3 is 1. The Morgan fingerprint density at radius 1 is 1.26 bits per heavy atom. The molecule has 1 N–H and O–H groups in total. The van der Waals surface area contributed by atoms with Crippen LogP contribution in [0.2, 0.25) is 5.02 Å². The van der Waals surface area contributed by atoms with Crippen LogP contribution in [0.5, 0.6) is 0 Å². The van der Waals surface area contributed by atoms with E-state index >= 15 is 0 Å². The number of hydrogen-bond acceptors (Lipinski definition) is 7. The van der Waals surface area contributed by atoms with Gasteiger partial charge >= 0.3 is 12.1 Å². The van der Waals surface area contributed by atoms with E-state index in [1.165, 1.54) is 33.4 Å². The Morgan fingerprint density at radius 2 is 1.95 bits per heavy atom. The van der Waals surface area contributed by atoms with Crippen LogP contribution in [0.15, 0.2) is 29.2 Å².